The van der Waals surface area contributed by atoms with Gasteiger partial charge in [0.05, 0.1) is 6.61 Å². The van der Waals surface area contributed by atoms with Crippen molar-refractivity contribution < 1.29 is 4.74 Å². The number of likely N-dealkylation sites (tertiary alicyclic amines) is 2. The van der Waals surface area contributed by atoms with E-state index in [0.29, 0.717) is 24.2 Å². The molecule has 13 rings (SSSR count). The summed E-state index contributed by atoms with van der Waals surface area (Å²) >= 11 is 0. The fraction of sp³-hybridized carbons (Fsp3) is 0.221. The van der Waals surface area contributed by atoms with Gasteiger partial charge in [0.1, 0.15) is 0 Å². The second-order valence-corrected chi connectivity index (χ2v) is 31.7. The lowest BCUT2D eigenvalue weighted by Gasteiger charge is -2.44. The van der Waals surface area contributed by atoms with Crippen LogP contribution in [0.1, 0.15) is 37.3 Å². The maximum absolute atomic E-state index is 5.57. The van der Waals surface area contributed by atoms with E-state index in [1.54, 1.807) is 0 Å². The first kappa shape index (κ1) is 62.3. The molecule has 3 heterocycles. The maximum atomic E-state index is 5.57. The molecule has 0 aromatic heterocycles. The number of likely N-dealkylation sites (N-methyl/N-ethyl adjacent to an activating group) is 2. The van der Waals surface area contributed by atoms with Gasteiger partial charge in [-0.25, -0.2) is 4.44 Å². The zero-order chi connectivity index (χ0) is 59.4. The minimum atomic E-state index is -0.781. The Balaban J connectivity index is 0.000000144. The normalized spacial score (nSPS) is 17.9. The van der Waals surface area contributed by atoms with E-state index in [2.05, 4.69) is 348 Å². The summed E-state index contributed by atoms with van der Waals surface area (Å²) in [6, 6.07) is 112. The Bertz CT molecular complexity index is 3270. The van der Waals surface area contributed by atoms with Crippen LogP contribution in [-0.2, 0) is 17.8 Å². The van der Waals surface area contributed by atoms with Gasteiger partial charge in [-0.15, -0.1) is 0 Å². The van der Waals surface area contributed by atoms with Crippen molar-refractivity contribution in [1.29, 1.82) is 0 Å². The Hall–Kier alpha value is -6.32. The van der Waals surface area contributed by atoms with Crippen LogP contribution in [-0.4, -0.2) is 94.7 Å². The Morgan fingerprint density at radius 3 is 1.00 bits per heavy atom. The van der Waals surface area contributed by atoms with Gasteiger partial charge in [-0.1, -0.05) is 303 Å². The lowest BCUT2D eigenvalue weighted by atomic mass is 10.1. The van der Waals surface area contributed by atoms with E-state index in [1.807, 2.05) is 0 Å². The summed E-state index contributed by atoms with van der Waals surface area (Å²) in [5, 5.41) is 11.3. The maximum Gasteiger partial charge on any atom is 0.0626 e. The molecule has 10 heteroatoms. The molecule has 0 spiro atoms. The predicted octanol–water partition coefficient (Wildman–Crippen LogP) is 14.0. The zero-order valence-corrected chi connectivity index (χ0v) is 54.3. The first-order valence-corrected chi connectivity index (χ1v) is 36.1. The van der Waals surface area contributed by atoms with Crippen molar-refractivity contribution in [2.24, 2.45) is 0 Å². The number of hydrogen-bond donors (Lipinski definition) is 0. The SMILES string of the molecule is CN(C1CCN(Cc2ccccc2)C1)P(c1ccccc1)c1ccccc1.CN(C1CCOC1)P(c1ccccc1)c1ccccc1.C[C@@H]1C(N(P(c2ccccc2)c2ccccc2)P(c2ccccc2)c2ccccc2)CCN1Cc1ccccc1. The molecule has 3 fully saturated rings. The number of rotatable bonds is 19. The molecule has 10 aromatic rings. The summed E-state index contributed by atoms with van der Waals surface area (Å²) in [7, 11) is 2.04. The largest absolute Gasteiger partial charge is 0.380 e. The van der Waals surface area contributed by atoms with Crippen molar-refractivity contribution in [3.63, 3.8) is 0 Å². The fourth-order valence-electron chi connectivity index (χ4n) is 12.3. The minimum Gasteiger partial charge on any atom is -0.380 e. The van der Waals surface area contributed by atoms with Crippen LogP contribution in [0.15, 0.2) is 303 Å². The first-order chi connectivity index (χ1) is 43.0. The van der Waals surface area contributed by atoms with Crippen molar-refractivity contribution in [1.82, 2.24) is 23.6 Å². The highest BCUT2D eigenvalue weighted by molar-refractivity contribution is 7.84. The van der Waals surface area contributed by atoms with E-state index in [1.165, 1.54) is 66.5 Å². The van der Waals surface area contributed by atoms with Gasteiger partial charge < -0.3 is 4.74 Å². The number of benzene rings is 10. The van der Waals surface area contributed by atoms with Gasteiger partial charge in [0.2, 0.25) is 0 Å². The Labute approximate surface area is 524 Å². The van der Waals surface area contributed by atoms with Crippen LogP contribution in [0.3, 0.4) is 0 Å². The summed E-state index contributed by atoms with van der Waals surface area (Å²) in [6.45, 7) is 9.68. The van der Waals surface area contributed by atoms with Crippen LogP contribution in [0.5, 0.6) is 0 Å². The molecule has 0 aliphatic carbocycles. The topological polar surface area (TPSA) is 25.4 Å². The van der Waals surface area contributed by atoms with Gasteiger partial charge in [0.15, 0.2) is 0 Å². The first-order valence-electron chi connectivity index (χ1n) is 30.9. The molecule has 87 heavy (non-hydrogen) atoms. The molecule has 0 saturated carbocycles. The summed E-state index contributed by atoms with van der Waals surface area (Å²) in [4.78, 5) is 5.29. The molecule has 3 aliphatic rings. The Kier molecular flexibility index (Phi) is 23.1. The second kappa shape index (κ2) is 32.2. The molecule has 3 unspecified atom stereocenters. The van der Waals surface area contributed by atoms with Gasteiger partial charge >= 0.3 is 0 Å². The zero-order valence-electron chi connectivity index (χ0n) is 50.7. The molecule has 3 saturated heterocycles. The van der Waals surface area contributed by atoms with Gasteiger partial charge in [-0.3, -0.25) is 19.1 Å². The average molecular weight is 1220 g/mol. The van der Waals surface area contributed by atoms with E-state index in [9.17, 15) is 0 Å². The molecule has 4 atom stereocenters. The van der Waals surface area contributed by atoms with Gasteiger partial charge in [0.25, 0.3) is 0 Å². The van der Waals surface area contributed by atoms with Gasteiger partial charge in [0, 0.05) is 95.8 Å². The van der Waals surface area contributed by atoms with Crippen molar-refractivity contribution in [3.8, 4) is 0 Å². The van der Waals surface area contributed by atoms with Crippen LogP contribution in [0.2, 0.25) is 0 Å². The summed E-state index contributed by atoms with van der Waals surface area (Å²) < 4.78 is 13.7. The van der Waals surface area contributed by atoms with E-state index in [-0.39, 0.29) is 0 Å². The van der Waals surface area contributed by atoms with Crippen LogP contribution in [0.4, 0.5) is 0 Å². The van der Waals surface area contributed by atoms with Crippen LogP contribution < -0.4 is 42.4 Å². The molecule has 442 valence electrons. The molecule has 0 N–H and O–H groups in total. The third-order valence-electron chi connectivity index (χ3n) is 16.9. The van der Waals surface area contributed by atoms with E-state index >= 15 is 0 Å². The monoisotopic (exact) mass is 1220 g/mol. The smallest absolute Gasteiger partial charge is 0.0626 e. The average Bonchev–Trinajstić information content (AvgIpc) is 3.63. The summed E-state index contributed by atoms with van der Waals surface area (Å²) in [6.07, 6.45) is 3.53. The Morgan fingerprint density at radius 2 is 0.667 bits per heavy atom. The molecular weight excluding hydrogens is 1130 g/mol. The lowest BCUT2D eigenvalue weighted by Crippen LogP contribution is -2.44. The molecule has 3 aliphatic heterocycles. The van der Waals surface area contributed by atoms with Crippen molar-refractivity contribution in [2.45, 2.75) is 63.4 Å². The lowest BCUT2D eigenvalue weighted by molar-refractivity contribution is 0.182. The quantitative estimate of drug-likeness (QED) is 0.0749. The summed E-state index contributed by atoms with van der Waals surface area (Å²) in [5.74, 6) is 0. The molecule has 0 amide bonds. The highest BCUT2D eigenvalue weighted by atomic mass is 31.2. The third-order valence-corrected chi connectivity index (χ3v) is 27.6. The molecule has 0 radical (unpaired) electrons. The molecule has 0 bridgehead atoms. The highest BCUT2D eigenvalue weighted by Crippen LogP contribution is 2.58. The van der Waals surface area contributed by atoms with Crippen molar-refractivity contribution >= 4 is 74.7 Å². The molecule has 10 aromatic carbocycles. The van der Waals surface area contributed by atoms with Crippen molar-refractivity contribution in [2.75, 3.05) is 46.9 Å². The standard InChI is InChI=1S/C36H36N2P2.C24H27N2P.C17H20NOP/c1-30-36(27-28-37(30)29-31-17-7-2-8-18-31)38(39(32-19-9-3-10-20-32)33-21-11-4-12-22-33)40(34-23-13-5-14-24-34)35-25-15-6-16-26-35;1-25(22-17-18-26(20-22)19-21-11-5-2-6-12-21)27(23-13-7-3-8-14-23)24-15-9-4-10-16-24;1-18(15-12-13-19-14-15)20(16-8-4-2-5-9-16)17-10-6-3-7-11-17/h2-26,30,36H,27-29H2,1H3;2-16,22H,17-20H2,1H3;2-11,15H,12-14H2,1H3/t30-,36?;;/m1../s1. The van der Waals surface area contributed by atoms with Crippen LogP contribution in [0.25, 0.3) is 0 Å². The van der Waals surface area contributed by atoms with Gasteiger partial charge in [-0.2, -0.15) is 0 Å². The number of ether oxygens (including phenoxy) is 1. The number of hydrogen-bond acceptors (Lipinski definition) is 6. The summed E-state index contributed by atoms with van der Waals surface area (Å²) in [5.41, 5.74) is 2.80. The highest BCUT2D eigenvalue weighted by Gasteiger charge is 2.43. The Morgan fingerprint density at radius 1 is 0.356 bits per heavy atom. The van der Waals surface area contributed by atoms with E-state index in [0.717, 1.165) is 52.2 Å². The van der Waals surface area contributed by atoms with E-state index < -0.39 is 32.3 Å². The molecule has 6 nitrogen and oxygen atoms in total. The van der Waals surface area contributed by atoms with Crippen LogP contribution in [0, 0.1) is 0 Å². The van der Waals surface area contributed by atoms with Crippen LogP contribution >= 0.6 is 32.3 Å². The third kappa shape index (κ3) is 16.5. The molecular formula is C77H83N5OP4. The van der Waals surface area contributed by atoms with Crippen molar-refractivity contribution in [3.05, 3.63) is 314 Å². The predicted molar refractivity (Wildman–Crippen MR) is 378 cm³/mol. The number of nitrogens with zero attached hydrogens (tertiary/aromatic N) is 5. The van der Waals surface area contributed by atoms with Gasteiger partial charge in [-0.05, 0) is 93.8 Å². The fourth-order valence-corrected chi connectivity index (χ4v) is 23.7. The van der Waals surface area contributed by atoms with E-state index in [4.69, 9.17) is 4.74 Å². The minimum absolute atomic E-state index is 0.418. The second-order valence-electron chi connectivity index (χ2n) is 22.6.